The number of amides is 1. The van der Waals surface area contributed by atoms with Crippen molar-refractivity contribution >= 4 is 17.3 Å². The predicted molar refractivity (Wildman–Crippen MR) is 92.8 cm³/mol. The molecule has 4 bridgehead atoms. The van der Waals surface area contributed by atoms with Crippen molar-refractivity contribution in [2.45, 2.75) is 45.1 Å². The molecule has 0 unspecified atom stereocenters. The summed E-state index contributed by atoms with van der Waals surface area (Å²) in [4.78, 5) is 33.8. The van der Waals surface area contributed by atoms with Crippen LogP contribution in [-0.4, -0.2) is 21.8 Å². The van der Waals surface area contributed by atoms with Crippen LogP contribution >= 0.6 is 0 Å². The molecule has 0 aliphatic heterocycles. The van der Waals surface area contributed by atoms with Crippen molar-refractivity contribution in [2.24, 2.45) is 23.7 Å². The highest BCUT2D eigenvalue weighted by Gasteiger charge is 2.48. The van der Waals surface area contributed by atoms with E-state index >= 15 is 0 Å². The molecule has 0 heterocycles. The van der Waals surface area contributed by atoms with Crippen molar-refractivity contribution in [1.29, 1.82) is 0 Å². The first-order valence-electron chi connectivity index (χ1n) is 9.07. The molecule has 4 aliphatic rings. The van der Waals surface area contributed by atoms with Crippen LogP contribution in [-0.2, 0) is 0 Å². The number of carbonyl (C=O) groups is 1. The molecule has 0 saturated heterocycles. The van der Waals surface area contributed by atoms with Crippen molar-refractivity contribution in [1.82, 2.24) is 5.32 Å². The van der Waals surface area contributed by atoms with Crippen molar-refractivity contribution in [3.8, 4) is 0 Å². The molecule has 0 aromatic heterocycles. The Balaban J connectivity index is 1.62. The van der Waals surface area contributed by atoms with Gasteiger partial charge in [0.15, 0.2) is 0 Å². The average molecular weight is 359 g/mol. The van der Waals surface area contributed by atoms with E-state index in [1.807, 2.05) is 0 Å². The molecule has 8 heteroatoms. The van der Waals surface area contributed by atoms with Crippen molar-refractivity contribution in [3.05, 3.63) is 43.5 Å². The molecule has 8 nitrogen and oxygen atoms in total. The third kappa shape index (κ3) is 2.73. The summed E-state index contributed by atoms with van der Waals surface area (Å²) in [6, 6.07) is 2.14. The number of rotatable bonds is 4. The number of nitro benzene ring substituents is 2. The lowest BCUT2D eigenvalue weighted by Gasteiger charge is -2.54. The first kappa shape index (κ1) is 16.9. The van der Waals surface area contributed by atoms with Gasteiger partial charge in [0.25, 0.3) is 17.3 Å². The molecule has 26 heavy (non-hydrogen) atoms. The molecule has 1 amide bonds. The maximum Gasteiger partial charge on any atom is 0.279 e. The summed E-state index contributed by atoms with van der Waals surface area (Å²) < 4.78 is 0. The van der Waals surface area contributed by atoms with Gasteiger partial charge in [-0.3, -0.25) is 25.0 Å². The second-order valence-corrected chi connectivity index (χ2v) is 8.08. The van der Waals surface area contributed by atoms with Gasteiger partial charge in [-0.2, -0.15) is 0 Å². The van der Waals surface area contributed by atoms with Crippen LogP contribution < -0.4 is 5.32 Å². The molecule has 138 valence electrons. The van der Waals surface area contributed by atoms with Gasteiger partial charge in [0.1, 0.15) is 0 Å². The van der Waals surface area contributed by atoms with E-state index in [4.69, 9.17) is 0 Å². The fraction of sp³-hybridized carbons (Fsp3) is 0.611. The van der Waals surface area contributed by atoms with Crippen LogP contribution in [0.15, 0.2) is 12.1 Å². The Bertz CT molecular complexity index is 778. The number of non-ortho nitro benzene ring substituents is 1. The fourth-order valence-electron chi connectivity index (χ4n) is 5.60. The molecule has 0 radical (unpaired) electrons. The first-order chi connectivity index (χ1) is 12.3. The Morgan fingerprint density at radius 2 is 1.58 bits per heavy atom. The van der Waals surface area contributed by atoms with E-state index in [9.17, 15) is 25.0 Å². The Morgan fingerprint density at radius 3 is 2.08 bits per heavy atom. The monoisotopic (exact) mass is 359 g/mol. The van der Waals surface area contributed by atoms with E-state index in [-0.39, 0.29) is 17.2 Å². The van der Waals surface area contributed by atoms with Gasteiger partial charge in [-0.05, 0) is 62.7 Å². The highest BCUT2D eigenvalue weighted by molar-refractivity contribution is 5.97. The van der Waals surface area contributed by atoms with E-state index in [1.54, 1.807) is 0 Å². The summed E-state index contributed by atoms with van der Waals surface area (Å²) in [5.41, 5.74) is -0.631. The molecule has 1 aromatic carbocycles. The zero-order valence-corrected chi connectivity index (χ0v) is 14.5. The molecule has 5 rings (SSSR count). The third-order valence-corrected chi connectivity index (χ3v) is 6.54. The summed E-state index contributed by atoms with van der Waals surface area (Å²) >= 11 is 0. The predicted octanol–water partition coefficient (Wildman–Crippen LogP) is 3.37. The third-order valence-electron chi connectivity index (χ3n) is 6.54. The standard InChI is InChI=1S/C18H21N3O5/c1-9-15(7-14(20(23)24)8-16(9)21(25)26)18(22)19-17-12-3-10-2-11(5-12)6-13(17)4-10/h7-8,10-13,17H,2-6H2,1H3,(H,19,22). The largest absolute Gasteiger partial charge is 0.349 e. The quantitative estimate of drug-likeness (QED) is 0.653. The van der Waals surface area contributed by atoms with Gasteiger partial charge in [-0.15, -0.1) is 0 Å². The van der Waals surface area contributed by atoms with Gasteiger partial charge in [-0.25, -0.2) is 0 Å². The van der Waals surface area contributed by atoms with E-state index in [0.717, 1.165) is 49.7 Å². The highest BCUT2D eigenvalue weighted by Crippen LogP contribution is 2.53. The Morgan fingerprint density at radius 1 is 1.00 bits per heavy atom. The lowest BCUT2D eigenvalue weighted by molar-refractivity contribution is -0.394. The average Bonchev–Trinajstić information content (AvgIpc) is 2.57. The minimum atomic E-state index is -0.702. The van der Waals surface area contributed by atoms with E-state index in [1.165, 1.54) is 13.3 Å². The van der Waals surface area contributed by atoms with Crippen LogP contribution in [0.2, 0.25) is 0 Å². The van der Waals surface area contributed by atoms with E-state index < -0.39 is 27.1 Å². The maximum atomic E-state index is 12.9. The molecule has 4 aliphatic carbocycles. The van der Waals surface area contributed by atoms with Crippen LogP contribution in [0, 0.1) is 50.8 Å². The van der Waals surface area contributed by atoms with Gasteiger partial charge in [-0.1, -0.05) is 0 Å². The zero-order chi connectivity index (χ0) is 18.6. The van der Waals surface area contributed by atoms with Gasteiger partial charge >= 0.3 is 0 Å². The van der Waals surface area contributed by atoms with Gasteiger partial charge < -0.3 is 5.32 Å². The first-order valence-corrected chi connectivity index (χ1v) is 9.07. The SMILES string of the molecule is Cc1c(C(=O)NC2C3CC4CC(C3)CC2C4)cc([N+](=O)[O-])cc1[N+](=O)[O-]. The second kappa shape index (κ2) is 6.03. The molecular weight excluding hydrogens is 338 g/mol. The summed E-state index contributed by atoms with van der Waals surface area (Å²) in [7, 11) is 0. The Hall–Kier alpha value is -2.51. The molecule has 1 aromatic rings. The van der Waals surface area contributed by atoms with Crippen molar-refractivity contribution < 1.29 is 14.6 Å². The van der Waals surface area contributed by atoms with Gasteiger partial charge in [0.2, 0.25) is 0 Å². The van der Waals surface area contributed by atoms with E-state index in [2.05, 4.69) is 5.32 Å². The molecule has 0 spiro atoms. The van der Waals surface area contributed by atoms with Crippen LogP contribution in [0.3, 0.4) is 0 Å². The lowest BCUT2D eigenvalue weighted by atomic mass is 9.54. The summed E-state index contributed by atoms with van der Waals surface area (Å²) in [5.74, 6) is 2.03. The number of nitro groups is 2. The minimum absolute atomic E-state index is 0.0275. The van der Waals surface area contributed by atoms with Crippen molar-refractivity contribution in [3.63, 3.8) is 0 Å². The summed E-state index contributed by atoms with van der Waals surface area (Å²) in [6.07, 6.45) is 5.83. The molecule has 0 atom stereocenters. The second-order valence-electron chi connectivity index (χ2n) is 8.08. The number of carbonyl (C=O) groups excluding carboxylic acids is 1. The van der Waals surface area contributed by atoms with Crippen molar-refractivity contribution in [2.75, 3.05) is 0 Å². The minimum Gasteiger partial charge on any atom is -0.349 e. The summed E-state index contributed by atoms with van der Waals surface area (Å²) in [5, 5.41) is 25.4. The molecule has 1 N–H and O–H groups in total. The molecule has 4 fully saturated rings. The number of nitrogens with zero attached hydrogens (tertiary/aromatic N) is 2. The van der Waals surface area contributed by atoms with Gasteiger partial charge in [0, 0.05) is 17.7 Å². The number of benzene rings is 1. The number of hydrogen-bond acceptors (Lipinski definition) is 5. The van der Waals surface area contributed by atoms with Gasteiger partial charge in [0.05, 0.1) is 21.5 Å². The molecular formula is C18H21N3O5. The normalized spacial score (nSPS) is 31.7. The smallest absolute Gasteiger partial charge is 0.279 e. The Labute approximate surface area is 150 Å². The highest BCUT2D eigenvalue weighted by atomic mass is 16.6. The topological polar surface area (TPSA) is 115 Å². The van der Waals surface area contributed by atoms with Crippen LogP contribution in [0.4, 0.5) is 11.4 Å². The van der Waals surface area contributed by atoms with Crippen LogP contribution in [0.5, 0.6) is 0 Å². The summed E-state index contributed by atoms with van der Waals surface area (Å²) in [6.45, 7) is 1.47. The molecule has 4 saturated carbocycles. The lowest BCUT2D eigenvalue weighted by Crippen LogP contribution is -2.55. The van der Waals surface area contributed by atoms with Crippen LogP contribution in [0.1, 0.15) is 48.0 Å². The Kier molecular flexibility index (Phi) is 3.93. The zero-order valence-electron chi connectivity index (χ0n) is 14.5. The maximum absolute atomic E-state index is 12.9. The number of nitrogens with one attached hydrogen (secondary N) is 1. The fourth-order valence-corrected chi connectivity index (χ4v) is 5.60. The van der Waals surface area contributed by atoms with Crippen LogP contribution in [0.25, 0.3) is 0 Å². The number of hydrogen-bond donors (Lipinski definition) is 1. The van der Waals surface area contributed by atoms with E-state index in [0.29, 0.717) is 11.8 Å².